The van der Waals surface area contributed by atoms with Gasteiger partial charge in [-0.1, -0.05) is 31.5 Å². The fourth-order valence-corrected chi connectivity index (χ4v) is 3.62. The van der Waals surface area contributed by atoms with E-state index < -0.39 is 0 Å². The van der Waals surface area contributed by atoms with E-state index in [0.717, 1.165) is 12.1 Å². The summed E-state index contributed by atoms with van der Waals surface area (Å²) in [6, 6.07) is 12.6. The van der Waals surface area contributed by atoms with Crippen LogP contribution >= 0.6 is 11.6 Å². The summed E-state index contributed by atoms with van der Waals surface area (Å²) in [5, 5.41) is 3.54. The van der Waals surface area contributed by atoms with Crippen molar-refractivity contribution in [2.45, 2.75) is 26.7 Å². The van der Waals surface area contributed by atoms with Crippen LogP contribution in [0.1, 0.15) is 37.0 Å². The third-order valence-corrected chi connectivity index (χ3v) is 5.29. The van der Waals surface area contributed by atoms with Gasteiger partial charge in [0.05, 0.1) is 18.0 Å². The Morgan fingerprint density at radius 3 is 2.53 bits per heavy atom. The van der Waals surface area contributed by atoms with Gasteiger partial charge in [-0.05, 0) is 42.8 Å². The molecule has 6 nitrogen and oxygen atoms in total. The first-order valence-electron chi connectivity index (χ1n) is 10.4. The van der Waals surface area contributed by atoms with E-state index in [1.165, 1.54) is 0 Å². The Labute approximate surface area is 182 Å². The highest BCUT2D eigenvalue weighted by atomic mass is 35.5. The number of nitrogens with one attached hydrogen (secondary N) is 1. The van der Waals surface area contributed by atoms with Gasteiger partial charge in [0, 0.05) is 43.2 Å². The SMILES string of the molecule is CCCOc1cccc(C(=O)Nc2cc(Cl)ccc2N2CCN(C(=O)CC)CC2)c1. The number of hydrogen-bond donors (Lipinski definition) is 1. The summed E-state index contributed by atoms with van der Waals surface area (Å²) in [7, 11) is 0. The molecule has 2 aromatic rings. The molecular formula is C23H28ClN3O3. The van der Waals surface area contributed by atoms with E-state index in [9.17, 15) is 9.59 Å². The standard InChI is InChI=1S/C23H28ClN3O3/c1-3-14-30-19-7-5-6-17(15-19)23(29)25-20-16-18(24)8-9-21(20)26-10-12-27(13-11-26)22(28)4-2/h5-9,15-16H,3-4,10-14H2,1-2H3,(H,25,29). The van der Waals surface area contributed by atoms with Gasteiger partial charge in [-0.3, -0.25) is 9.59 Å². The lowest BCUT2D eigenvalue weighted by Crippen LogP contribution is -2.48. The average molecular weight is 430 g/mol. The maximum absolute atomic E-state index is 12.9. The fraction of sp³-hybridized carbons (Fsp3) is 0.391. The Hall–Kier alpha value is -2.73. The fourth-order valence-electron chi connectivity index (χ4n) is 3.45. The lowest BCUT2D eigenvalue weighted by molar-refractivity contribution is -0.131. The smallest absolute Gasteiger partial charge is 0.255 e. The minimum atomic E-state index is -0.222. The van der Waals surface area contributed by atoms with Gasteiger partial charge in [-0.15, -0.1) is 0 Å². The van der Waals surface area contributed by atoms with Crippen molar-refractivity contribution >= 4 is 34.8 Å². The van der Waals surface area contributed by atoms with Crippen LogP contribution in [-0.4, -0.2) is 49.5 Å². The van der Waals surface area contributed by atoms with Gasteiger partial charge in [0.1, 0.15) is 5.75 Å². The van der Waals surface area contributed by atoms with Crippen LogP contribution in [0, 0.1) is 0 Å². The number of carbonyl (C=O) groups is 2. The van der Waals surface area contributed by atoms with Crippen LogP contribution in [0.2, 0.25) is 5.02 Å². The Morgan fingerprint density at radius 2 is 1.83 bits per heavy atom. The Morgan fingerprint density at radius 1 is 1.07 bits per heavy atom. The second kappa shape index (κ2) is 10.3. The Kier molecular flexibility index (Phi) is 7.57. The molecule has 0 spiro atoms. The molecule has 0 unspecified atom stereocenters. The van der Waals surface area contributed by atoms with E-state index in [1.54, 1.807) is 18.2 Å². The first-order chi connectivity index (χ1) is 14.5. The van der Waals surface area contributed by atoms with Crippen molar-refractivity contribution in [3.8, 4) is 5.75 Å². The number of hydrogen-bond acceptors (Lipinski definition) is 4. The van der Waals surface area contributed by atoms with Gasteiger partial charge in [0.15, 0.2) is 0 Å². The van der Waals surface area contributed by atoms with E-state index in [-0.39, 0.29) is 11.8 Å². The van der Waals surface area contributed by atoms with E-state index in [2.05, 4.69) is 10.2 Å². The van der Waals surface area contributed by atoms with Gasteiger partial charge >= 0.3 is 0 Å². The number of halogens is 1. The summed E-state index contributed by atoms with van der Waals surface area (Å²) in [5.74, 6) is 0.622. The molecule has 30 heavy (non-hydrogen) atoms. The van der Waals surface area contributed by atoms with E-state index in [1.807, 2.05) is 43.0 Å². The van der Waals surface area contributed by atoms with Crippen LogP contribution in [0.5, 0.6) is 5.75 Å². The minimum absolute atomic E-state index is 0.171. The predicted molar refractivity (Wildman–Crippen MR) is 121 cm³/mol. The minimum Gasteiger partial charge on any atom is -0.494 e. The summed E-state index contributed by atoms with van der Waals surface area (Å²) in [5.41, 5.74) is 2.07. The lowest BCUT2D eigenvalue weighted by Gasteiger charge is -2.37. The zero-order chi connectivity index (χ0) is 21.5. The molecule has 0 radical (unpaired) electrons. The number of piperazine rings is 1. The summed E-state index contributed by atoms with van der Waals surface area (Å²) < 4.78 is 5.63. The number of amides is 2. The van der Waals surface area contributed by atoms with Crippen LogP contribution in [-0.2, 0) is 4.79 Å². The summed E-state index contributed by atoms with van der Waals surface area (Å²) in [6.07, 6.45) is 1.42. The van der Waals surface area contributed by atoms with Crippen LogP contribution in [0.15, 0.2) is 42.5 Å². The molecule has 1 heterocycles. The maximum Gasteiger partial charge on any atom is 0.255 e. The number of ether oxygens (including phenoxy) is 1. The average Bonchev–Trinajstić information content (AvgIpc) is 2.77. The number of rotatable bonds is 7. The number of benzene rings is 2. The van der Waals surface area contributed by atoms with Crippen molar-refractivity contribution < 1.29 is 14.3 Å². The van der Waals surface area contributed by atoms with Crippen molar-refractivity contribution in [1.29, 1.82) is 0 Å². The molecule has 2 aromatic carbocycles. The summed E-state index contributed by atoms with van der Waals surface area (Å²) in [4.78, 5) is 28.9. The van der Waals surface area contributed by atoms with Crippen molar-refractivity contribution in [1.82, 2.24) is 4.90 Å². The third-order valence-electron chi connectivity index (χ3n) is 5.05. The number of carbonyl (C=O) groups excluding carboxylic acids is 2. The predicted octanol–water partition coefficient (Wildman–Crippen LogP) is 4.44. The maximum atomic E-state index is 12.9. The van der Waals surface area contributed by atoms with Crippen LogP contribution in [0.3, 0.4) is 0 Å². The largest absolute Gasteiger partial charge is 0.494 e. The van der Waals surface area contributed by atoms with Gasteiger partial charge in [-0.2, -0.15) is 0 Å². The van der Waals surface area contributed by atoms with Crippen LogP contribution in [0.25, 0.3) is 0 Å². The molecule has 7 heteroatoms. The first-order valence-corrected chi connectivity index (χ1v) is 10.8. The summed E-state index contributed by atoms with van der Waals surface area (Å²) >= 11 is 6.21. The van der Waals surface area contributed by atoms with E-state index in [4.69, 9.17) is 16.3 Å². The third kappa shape index (κ3) is 5.45. The van der Waals surface area contributed by atoms with E-state index >= 15 is 0 Å². The highest BCUT2D eigenvalue weighted by Crippen LogP contribution is 2.31. The molecule has 0 aliphatic carbocycles. The zero-order valence-electron chi connectivity index (χ0n) is 17.5. The van der Waals surface area contributed by atoms with Gasteiger partial charge in [0.25, 0.3) is 5.91 Å². The van der Waals surface area contributed by atoms with Crippen molar-refractivity contribution in [2.75, 3.05) is 43.0 Å². The number of anilines is 2. The van der Waals surface area contributed by atoms with Crippen molar-refractivity contribution in [2.24, 2.45) is 0 Å². The molecule has 3 rings (SSSR count). The molecule has 1 aliphatic rings. The summed E-state index contributed by atoms with van der Waals surface area (Å²) in [6.45, 7) is 7.27. The lowest BCUT2D eigenvalue weighted by atomic mass is 10.1. The zero-order valence-corrected chi connectivity index (χ0v) is 18.2. The van der Waals surface area contributed by atoms with Gasteiger partial charge < -0.3 is 19.9 Å². The second-order valence-corrected chi connectivity index (χ2v) is 7.65. The van der Waals surface area contributed by atoms with Crippen molar-refractivity contribution in [3.05, 3.63) is 53.1 Å². The first kappa shape index (κ1) is 22.0. The van der Waals surface area contributed by atoms with E-state index in [0.29, 0.717) is 61.2 Å². The molecule has 0 bridgehead atoms. The molecule has 0 atom stereocenters. The van der Waals surface area contributed by atoms with Crippen LogP contribution in [0.4, 0.5) is 11.4 Å². The van der Waals surface area contributed by atoms with Crippen molar-refractivity contribution in [3.63, 3.8) is 0 Å². The Balaban J connectivity index is 1.74. The second-order valence-electron chi connectivity index (χ2n) is 7.21. The molecular weight excluding hydrogens is 402 g/mol. The molecule has 1 saturated heterocycles. The number of nitrogens with zero attached hydrogens (tertiary/aromatic N) is 2. The quantitative estimate of drug-likeness (QED) is 0.706. The topological polar surface area (TPSA) is 61.9 Å². The van der Waals surface area contributed by atoms with Crippen LogP contribution < -0.4 is 15.0 Å². The Bertz CT molecular complexity index is 895. The monoisotopic (exact) mass is 429 g/mol. The molecule has 2 amide bonds. The van der Waals surface area contributed by atoms with Gasteiger partial charge in [0.2, 0.25) is 5.91 Å². The molecule has 0 aromatic heterocycles. The molecule has 160 valence electrons. The molecule has 1 N–H and O–H groups in total. The molecule has 1 aliphatic heterocycles. The normalized spacial score (nSPS) is 13.8. The highest BCUT2D eigenvalue weighted by molar-refractivity contribution is 6.31. The highest BCUT2D eigenvalue weighted by Gasteiger charge is 2.22. The van der Waals surface area contributed by atoms with Gasteiger partial charge in [-0.25, -0.2) is 0 Å². The molecule has 1 fully saturated rings. The molecule has 0 saturated carbocycles.